The van der Waals surface area contributed by atoms with Crippen LogP contribution in [0.2, 0.25) is 0 Å². The molecule has 3 nitrogen and oxygen atoms in total. The third-order valence-corrected chi connectivity index (χ3v) is 2.85. The van der Waals surface area contributed by atoms with Crippen LogP contribution < -0.4 is 5.32 Å². The summed E-state index contributed by atoms with van der Waals surface area (Å²) in [5, 5.41) is 3.15. The zero-order chi connectivity index (χ0) is 12.1. The van der Waals surface area contributed by atoms with Crippen molar-refractivity contribution in [3.8, 4) is 0 Å². The first-order valence-electron chi connectivity index (χ1n) is 5.53. The van der Waals surface area contributed by atoms with Gasteiger partial charge in [0.25, 0.3) is 0 Å². The predicted molar refractivity (Wildman–Crippen MR) is 59.2 cm³/mol. The van der Waals surface area contributed by atoms with Gasteiger partial charge in [-0.2, -0.15) is 8.78 Å². The van der Waals surface area contributed by atoms with Gasteiger partial charge >= 0.3 is 6.55 Å². The summed E-state index contributed by atoms with van der Waals surface area (Å²) in [4.78, 5) is 3.90. The van der Waals surface area contributed by atoms with Crippen molar-refractivity contribution in [2.45, 2.75) is 33.9 Å². The second-order valence-electron chi connectivity index (χ2n) is 4.38. The molecule has 1 atom stereocenters. The maximum Gasteiger partial charge on any atom is 0.319 e. The summed E-state index contributed by atoms with van der Waals surface area (Å²) in [5.74, 6) is 1.49. The van der Waals surface area contributed by atoms with Gasteiger partial charge in [0.15, 0.2) is 0 Å². The van der Waals surface area contributed by atoms with Crippen LogP contribution in [0, 0.1) is 11.8 Å². The maximum atomic E-state index is 12.5. The highest BCUT2D eigenvalue weighted by atomic mass is 19.3. The van der Waals surface area contributed by atoms with E-state index < -0.39 is 6.55 Å². The van der Waals surface area contributed by atoms with Crippen molar-refractivity contribution in [3.05, 3.63) is 18.2 Å². The Kier molecular flexibility index (Phi) is 4.86. The summed E-state index contributed by atoms with van der Waals surface area (Å²) >= 11 is 0. The van der Waals surface area contributed by atoms with E-state index in [1.165, 1.54) is 12.4 Å². The number of imidazole rings is 1. The van der Waals surface area contributed by atoms with E-state index in [1.807, 2.05) is 0 Å². The van der Waals surface area contributed by atoms with Crippen LogP contribution in [0.5, 0.6) is 0 Å². The maximum absolute atomic E-state index is 12.5. The fourth-order valence-corrected chi connectivity index (χ4v) is 1.31. The molecule has 0 saturated carbocycles. The molecule has 5 heteroatoms. The van der Waals surface area contributed by atoms with Gasteiger partial charge in [-0.25, -0.2) is 4.98 Å². The Balaban J connectivity index is 2.40. The second kappa shape index (κ2) is 5.94. The van der Waals surface area contributed by atoms with Crippen molar-refractivity contribution in [1.82, 2.24) is 14.9 Å². The van der Waals surface area contributed by atoms with Crippen LogP contribution in [-0.2, 0) is 6.54 Å². The summed E-state index contributed by atoms with van der Waals surface area (Å²) < 4.78 is 25.8. The summed E-state index contributed by atoms with van der Waals surface area (Å²) in [6.07, 6.45) is 2.70. The van der Waals surface area contributed by atoms with Crippen LogP contribution in [-0.4, -0.2) is 16.1 Å². The molecule has 92 valence electrons. The summed E-state index contributed by atoms with van der Waals surface area (Å²) in [6.45, 7) is 5.11. The number of aromatic nitrogens is 2. The van der Waals surface area contributed by atoms with E-state index in [2.05, 4.69) is 31.1 Å². The molecular weight excluding hydrogens is 212 g/mol. The minimum atomic E-state index is -2.51. The molecule has 1 unspecified atom stereocenters. The van der Waals surface area contributed by atoms with Gasteiger partial charge in [0.05, 0.1) is 6.54 Å². The normalized spacial score (nSPS) is 13.7. The van der Waals surface area contributed by atoms with Gasteiger partial charge in [-0.15, -0.1) is 0 Å². The number of rotatable bonds is 6. The van der Waals surface area contributed by atoms with Crippen molar-refractivity contribution >= 4 is 0 Å². The SMILES string of the molecule is CC(C)C(C)CNCc1nccn1C(F)F. The molecule has 1 aromatic heterocycles. The highest BCUT2D eigenvalue weighted by Gasteiger charge is 2.11. The second-order valence-corrected chi connectivity index (χ2v) is 4.38. The quantitative estimate of drug-likeness (QED) is 0.815. The molecule has 1 rings (SSSR count). The number of hydrogen-bond donors (Lipinski definition) is 1. The molecule has 0 radical (unpaired) electrons. The largest absolute Gasteiger partial charge is 0.319 e. The Hall–Kier alpha value is -0.970. The lowest BCUT2D eigenvalue weighted by Crippen LogP contribution is -2.25. The van der Waals surface area contributed by atoms with Gasteiger partial charge < -0.3 is 5.32 Å². The van der Waals surface area contributed by atoms with Crippen LogP contribution in [0.1, 0.15) is 33.1 Å². The van der Waals surface area contributed by atoms with E-state index in [0.717, 1.165) is 11.1 Å². The fourth-order valence-electron chi connectivity index (χ4n) is 1.31. The molecule has 0 bridgehead atoms. The van der Waals surface area contributed by atoms with Gasteiger partial charge in [-0.05, 0) is 18.4 Å². The molecule has 0 spiro atoms. The Morgan fingerprint density at radius 2 is 2.06 bits per heavy atom. The van der Waals surface area contributed by atoms with Gasteiger partial charge in [-0.3, -0.25) is 4.57 Å². The number of alkyl halides is 2. The zero-order valence-corrected chi connectivity index (χ0v) is 9.95. The highest BCUT2D eigenvalue weighted by Crippen LogP contribution is 2.12. The number of nitrogens with zero attached hydrogens (tertiary/aromatic N) is 2. The molecule has 16 heavy (non-hydrogen) atoms. The Morgan fingerprint density at radius 3 is 2.62 bits per heavy atom. The summed E-state index contributed by atoms with van der Waals surface area (Å²) in [5.41, 5.74) is 0. The van der Waals surface area contributed by atoms with Gasteiger partial charge in [0.2, 0.25) is 0 Å². The Labute approximate surface area is 94.9 Å². The van der Waals surface area contributed by atoms with E-state index in [4.69, 9.17) is 0 Å². The number of nitrogens with one attached hydrogen (secondary N) is 1. The van der Waals surface area contributed by atoms with Crippen LogP contribution in [0.4, 0.5) is 8.78 Å². The monoisotopic (exact) mass is 231 g/mol. The van der Waals surface area contributed by atoms with E-state index in [-0.39, 0.29) is 0 Å². The van der Waals surface area contributed by atoms with Crippen LogP contribution >= 0.6 is 0 Å². The van der Waals surface area contributed by atoms with Crippen molar-refractivity contribution in [3.63, 3.8) is 0 Å². The molecule has 0 saturated heterocycles. The molecular formula is C11H19F2N3. The molecule has 1 aromatic rings. The molecule has 0 fully saturated rings. The lowest BCUT2D eigenvalue weighted by molar-refractivity contribution is 0.0665. The summed E-state index contributed by atoms with van der Waals surface area (Å²) in [7, 11) is 0. The summed E-state index contributed by atoms with van der Waals surface area (Å²) in [6, 6.07) is 0. The van der Waals surface area contributed by atoms with Crippen LogP contribution in [0.3, 0.4) is 0 Å². The minimum Gasteiger partial charge on any atom is -0.310 e. The first-order chi connectivity index (χ1) is 7.52. The molecule has 0 aliphatic heterocycles. The standard InChI is InChI=1S/C11H19F2N3/c1-8(2)9(3)6-14-7-10-15-4-5-16(10)11(12)13/h4-5,8-9,11,14H,6-7H2,1-3H3. The molecule has 0 aliphatic rings. The Morgan fingerprint density at radius 1 is 1.38 bits per heavy atom. The average Bonchev–Trinajstić information content (AvgIpc) is 2.65. The van der Waals surface area contributed by atoms with E-state index in [1.54, 1.807) is 0 Å². The van der Waals surface area contributed by atoms with Crippen molar-refractivity contribution in [1.29, 1.82) is 0 Å². The van der Waals surface area contributed by atoms with E-state index >= 15 is 0 Å². The van der Waals surface area contributed by atoms with Gasteiger partial charge in [0.1, 0.15) is 5.82 Å². The highest BCUT2D eigenvalue weighted by molar-refractivity contribution is 4.92. The van der Waals surface area contributed by atoms with Gasteiger partial charge in [-0.1, -0.05) is 20.8 Å². The molecule has 1 N–H and O–H groups in total. The fraction of sp³-hybridized carbons (Fsp3) is 0.727. The zero-order valence-electron chi connectivity index (χ0n) is 9.95. The van der Waals surface area contributed by atoms with E-state index in [9.17, 15) is 8.78 Å². The van der Waals surface area contributed by atoms with E-state index in [0.29, 0.717) is 24.2 Å². The molecule has 0 aromatic carbocycles. The minimum absolute atomic E-state index is 0.381. The number of hydrogen-bond acceptors (Lipinski definition) is 2. The molecule has 0 amide bonds. The average molecular weight is 231 g/mol. The predicted octanol–water partition coefficient (Wildman–Crippen LogP) is 2.66. The van der Waals surface area contributed by atoms with Crippen LogP contribution in [0.15, 0.2) is 12.4 Å². The lowest BCUT2D eigenvalue weighted by Gasteiger charge is -2.16. The first-order valence-corrected chi connectivity index (χ1v) is 5.53. The molecule has 1 heterocycles. The topological polar surface area (TPSA) is 29.9 Å². The van der Waals surface area contributed by atoms with Crippen molar-refractivity contribution in [2.24, 2.45) is 11.8 Å². The first kappa shape index (κ1) is 13.1. The smallest absolute Gasteiger partial charge is 0.310 e. The van der Waals surface area contributed by atoms with Crippen LogP contribution in [0.25, 0.3) is 0 Å². The molecule has 0 aliphatic carbocycles. The number of halogens is 2. The van der Waals surface area contributed by atoms with Crippen molar-refractivity contribution in [2.75, 3.05) is 6.54 Å². The lowest BCUT2D eigenvalue weighted by atomic mass is 9.98. The van der Waals surface area contributed by atoms with Crippen molar-refractivity contribution < 1.29 is 8.78 Å². The third kappa shape index (κ3) is 3.56. The third-order valence-electron chi connectivity index (χ3n) is 2.85. The van der Waals surface area contributed by atoms with Gasteiger partial charge in [0, 0.05) is 12.4 Å². The Bertz CT molecular complexity index is 310.